The number of carbonyl (C=O) groups is 2. The molecule has 11 heteroatoms. The lowest BCUT2D eigenvalue weighted by molar-refractivity contribution is -0.192. The van der Waals surface area contributed by atoms with Gasteiger partial charge in [0.05, 0.1) is 10.9 Å². The number of anilines is 2. The van der Waals surface area contributed by atoms with E-state index in [1.165, 1.54) is 11.9 Å². The lowest BCUT2D eigenvalue weighted by atomic mass is 9.86. The quantitative estimate of drug-likeness (QED) is 0.449. The van der Waals surface area contributed by atoms with Crippen LogP contribution in [0.25, 0.3) is 22.0 Å². The van der Waals surface area contributed by atoms with Gasteiger partial charge in [0, 0.05) is 24.7 Å². The molecular formula is C25H28F3N5O3. The van der Waals surface area contributed by atoms with E-state index < -0.39 is 12.1 Å². The minimum absolute atomic E-state index is 0.0454. The van der Waals surface area contributed by atoms with Crippen LogP contribution in [0, 0.1) is 5.92 Å². The lowest BCUT2D eigenvalue weighted by Gasteiger charge is -2.33. The normalized spacial score (nSPS) is 14.4. The molecule has 1 amide bonds. The number of piperidine rings is 1. The maximum absolute atomic E-state index is 12.3. The fourth-order valence-electron chi connectivity index (χ4n) is 4.16. The number of halogens is 3. The zero-order valence-corrected chi connectivity index (χ0v) is 19.9. The van der Waals surface area contributed by atoms with Crippen LogP contribution < -0.4 is 11.5 Å². The lowest BCUT2D eigenvalue weighted by Crippen LogP contribution is -2.40. The Morgan fingerprint density at radius 1 is 1.06 bits per heavy atom. The molecule has 0 saturated carbocycles. The first-order valence-electron chi connectivity index (χ1n) is 11.4. The molecule has 2 aromatic carbocycles. The van der Waals surface area contributed by atoms with Crippen LogP contribution >= 0.6 is 0 Å². The molecule has 192 valence electrons. The van der Waals surface area contributed by atoms with Gasteiger partial charge >= 0.3 is 12.1 Å². The van der Waals surface area contributed by atoms with E-state index in [4.69, 9.17) is 21.4 Å². The first-order chi connectivity index (χ1) is 16.9. The SMILES string of the molecule is CC(C)C(=O)N1CCC(c2cc(-c3ccc(N)cc3)c3c(N)ncnc3c2)CC1.O=C(O)C(F)(F)F. The van der Waals surface area contributed by atoms with Gasteiger partial charge in [0.15, 0.2) is 0 Å². The third-order valence-electron chi connectivity index (χ3n) is 6.03. The zero-order chi connectivity index (χ0) is 26.6. The van der Waals surface area contributed by atoms with Crippen LogP contribution in [0.4, 0.5) is 24.7 Å². The predicted molar refractivity (Wildman–Crippen MR) is 131 cm³/mol. The topological polar surface area (TPSA) is 135 Å². The van der Waals surface area contributed by atoms with Crippen LogP contribution in [0.2, 0.25) is 0 Å². The number of carboxylic acid groups (broad SMARTS) is 1. The number of hydrogen-bond acceptors (Lipinski definition) is 6. The summed E-state index contributed by atoms with van der Waals surface area (Å²) in [5.41, 5.74) is 17.0. The monoisotopic (exact) mass is 503 g/mol. The molecule has 0 atom stereocenters. The molecule has 0 aliphatic carbocycles. The van der Waals surface area contributed by atoms with Crippen molar-refractivity contribution in [2.24, 2.45) is 5.92 Å². The second kappa shape index (κ2) is 10.8. The molecule has 5 N–H and O–H groups in total. The van der Waals surface area contributed by atoms with Crippen LogP contribution in [0.15, 0.2) is 42.7 Å². The van der Waals surface area contributed by atoms with E-state index in [2.05, 4.69) is 22.1 Å². The smallest absolute Gasteiger partial charge is 0.475 e. The van der Waals surface area contributed by atoms with Gasteiger partial charge in [0.25, 0.3) is 0 Å². The second-order valence-electron chi connectivity index (χ2n) is 8.90. The molecule has 1 aromatic heterocycles. The Bertz CT molecular complexity index is 1240. The van der Waals surface area contributed by atoms with Gasteiger partial charge in [0.1, 0.15) is 12.1 Å². The molecule has 0 unspecified atom stereocenters. The number of alkyl halides is 3. The van der Waals surface area contributed by atoms with Crippen molar-refractivity contribution in [1.82, 2.24) is 14.9 Å². The molecule has 0 radical (unpaired) electrons. The largest absolute Gasteiger partial charge is 0.490 e. The molecule has 3 aromatic rings. The van der Waals surface area contributed by atoms with E-state index in [0.717, 1.165) is 53.6 Å². The fourth-order valence-corrected chi connectivity index (χ4v) is 4.16. The first kappa shape index (κ1) is 26.7. The Labute approximate surface area is 206 Å². The summed E-state index contributed by atoms with van der Waals surface area (Å²) < 4.78 is 31.7. The van der Waals surface area contributed by atoms with E-state index in [1.54, 1.807) is 0 Å². The first-order valence-corrected chi connectivity index (χ1v) is 11.4. The van der Waals surface area contributed by atoms with Crippen molar-refractivity contribution in [2.45, 2.75) is 38.8 Å². The van der Waals surface area contributed by atoms with Crippen molar-refractivity contribution < 1.29 is 27.9 Å². The van der Waals surface area contributed by atoms with Crippen LogP contribution in [-0.2, 0) is 9.59 Å². The number of nitrogens with zero attached hydrogens (tertiary/aromatic N) is 3. The van der Waals surface area contributed by atoms with E-state index in [1.807, 2.05) is 43.0 Å². The number of carboxylic acids is 1. The molecule has 4 rings (SSSR count). The Kier molecular flexibility index (Phi) is 8.01. The molecule has 8 nitrogen and oxygen atoms in total. The summed E-state index contributed by atoms with van der Waals surface area (Å²) in [5, 5.41) is 7.99. The van der Waals surface area contributed by atoms with Crippen LogP contribution in [-0.4, -0.2) is 51.1 Å². The number of nitrogens with two attached hydrogens (primary N) is 2. The standard InChI is InChI=1S/C23H27N5O.C2HF3O2/c1-14(2)23(29)28-9-7-15(8-10-28)17-11-19(16-3-5-18(24)6-4-16)21-20(12-17)26-13-27-22(21)25;3-2(4,5)1(6)7/h3-6,11-15H,7-10,24H2,1-2H3,(H2,25,26,27);(H,6,7). The number of amides is 1. The maximum Gasteiger partial charge on any atom is 0.490 e. The van der Waals surface area contributed by atoms with Crippen LogP contribution in [0.3, 0.4) is 0 Å². The highest BCUT2D eigenvalue weighted by molar-refractivity contribution is 6.01. The van der Waals surface area contributed by atoms with E-state index in [-0.39, 0.29) is 11.8 Å². The summed E-state index contributed by atoms with van der Waals surface area (Å²) in [5.74, 6) is -1.60. The molecule has 1 saturated heterocycles. The summed E-state index contributed by atoms with van der Waals surface area (Å²) in [6.07, 6.45) is -1.67. The summed E-state index contributed by atoms with van der Waals surface area (Å²) in [4.78, 5) is 31.9. The molecule has 36 heavy (non-hydrogen) atoms. The molecule has 0 spiro atoms. The molecule has 1 aliphatic heterocycles. The number of aromatic nitrogens is 2. The second-order valence-corrected chi connectivity index (χ2v) is 8.90. The number of likely N-dealkylation sites (tertiary alicyclic amines) is 1. The Morgan fingerprint density at radius 3 is 2.17 bits per heavy atom. The Hall–Kier alpha value is -3.89. The number of carbonyl (C=O) groups excluding carboxylic acids is 1. The average molecular weight is 504 g/mol. The summed E-state index contributed by atoms with van der Waals surface area (Å²) in [6.45, 7) is 5.51. The zero-order valence-electron chi connectivity index (χ0n) is 19.9. The number of aliphatic carboxylic acids is 1. The molecule has 1 aliphatic rings. The highest BCUT2D eigenvalue weighted by Crippen LogP contribution is 2.37. The van der Waals surface area contributed by atoms with Crippen LogP contribution in [0.1, 0.15) is 38.2 Å². The number of nitrogen functional groups attached to an aromatic ring is 2. The molecule has 1 fully saturated rings. The van der Waals surface area contributed by atoms with Crippen molar-refractivity contribution in [3.8, 4) is 11.1 Å². The molecule has 0 bridgehead atoms. The van der Waals surface area contributed by atoms with Gasteiger partial charge in [-0.25, -0.2) is 14.8 Å². The van der Waals surface area contributed by atoms with E-state index in [0.29, 0.717) is 11.7 Å². The minimum Gasteiger partial charge on any atom is -0.475 e. The van der Waals surface area contributed by atoms with Crippen molar-refractivity contribution >= 4 is 34.3 Å². The van der Waals surface area contributed by atoms with Crippen LogP contribution in [0.5, 0.6) is 0 Å². The highest BCUT2D eigenvalue weighted by atomic mass is 19.4. The average Bonchev–Trinajstić information content (AvgIpc) is 2.83. The number of hydrogen-bond donors (Lipinski definition) is 3. The van der Waals surface area contributed by atoms with Gasteiger partial charge in [0.2, 0.25) is 5.91 Å². The summed E-state index contributed by atoms with van der Waals surface area (Å²) in [6, 6.07) is 12.1. The molecular weight excluding hydrogens is 475 g/mol. The van der Waals surface area contributed by atoms with E-state index in [9.17, 15) is 18.0 Å². The van der Waals surface area contributed by atoms with Gasteiger partial charge < -0.3 is 21.5 Å². The number of benzene rings is 2. The summed E-state index contributed by atoms with van der Waals surface area (Å²) in [7, 11) is 0. The minimum atomic E-state index is -5.08. The summed E-state index contributed by atoms with van der Waals surface area (Å²) >= 11 is 0. The van der Waals surface area contributed by atoms with E-state index >= 15 is 0 Å². The predicted octanol–water partition coefficient (Wildman–Crippen LogP) is 4.46. The van der Waals surface area contributed by atoms with Gasteiger partial charge in [-0.15, -0.1) is 0 Å². The van der Waals surface area contributed by atoms with Crippen molar-refractivity contribution in [2.75, 3.05) is 24.6 Å². The fraction of sp³-hybridized carbons (Fsp3) is 0.360. The highest BCUT2D eigenvalue weighted by Gasteiger charge is 2.38. The maximum atomic E-state index is 12.3. The third-order valence-corrected chi connectivity index (χ3v) is 6.03. The van der Waals surface area contributed by atoms with Crippen molar-refractivity contribution in [3.05, 3.63) is 48.3 Å². The molecule has 2 heterocycles. The number of fused-ring (bicyclic) bond motifs is 1. The third kappa shape index (κ3) is 6.21. The van der Waals surface area contributed by atoms with Crippen molar-refractivity contribution in [1.29, 1.82) is 0 Å². The Balaban J connectivity index is 0.000000454. The van der Waals surface area contributed by atoms with Gasteiger partial charge in [-0.1, -0.05) is 26.0 Å². The van der Waals surface area contributed by atoms with Gasteiger partial charge in [-0.3, -0.25) is 4.79 Å². The van der Waals surface area contributed by atoms with Gasteiger partial charge in [-0.2, -0.15) is 13.2 Å². The number of rotatable bonds is 3. The van der Waals surface area contributed by atoms with Gasteiger partial charge in [-0.05, 0) is 59.7 Å². The Morgan fingerprint density at radius 2 is 1.64 bits per heavy atom. The van der Waals surface area contributed by atoms with Crippen molar-refractivity contribution in [3.63, 3.8) is 0 Å².